The zero-order valence-electron chi connectivity index (χ0n) is 17.6. The van der Waals surface area contributed by atoms with Crippen LogP contribution in [0, 0.1) is 5.82 Å². The van der Waals surface area contributed by atoms with E-state index in [0.29, 0.717) is 32.0 Å². The lowest BCUT2D eigenvalue weighted by Gasteiger charge is -2.38. The Bertz CT molecular complexity index is 809. The molecule has 0 saturated carbocycles. The molecule has 2 aromatic rings. The van der Waals surface area contributed by atoms with Gasteiger partial charge in [0.25, 0.3) is 0 Å². The number of nitrogens with one attached hydrogen (secondary N) is 1. The van der Waals surface area contributed by atoms with Crippen LogP contribution < -0.4 is 10.1 Å². The molecule has 0 unspecified atom stereocenters. The number of piperidine rings is 1. The van der Waals surface area contributed by atoms with E-state index in [-0.39, 0.29) is 18.0 Å². The standard InChI is InChI=1S/C24H30F2N2O2/c1-17(2)30-22-10-6-20(7-11-22)16-29-18(3)28(24-12-13-27-14-23(24)26)15-19-4-8-21(25)9-5-19/h4-11,17,23-24,27H,3,12-16H2,1-2H3/t23-,24+/m1/s1. The average Bonchev–Trinajstić information content (AvgIpc) is 2.73. The third-order valence-electron chi connectivity index (χ3n) is 5.06. The van der Waals surface area contributed by atoms with Crippen LogP contribution in [0.4, 0.5) is 8.78 Å². The molecule has 2 atom stereocenters. The number of benzene rings is 2. The molecule has 4 nitrogen and oxygen atoms in total. The van der Waals surface area contributed by atoms with Crippen molar-refractivity contribution in [3.05, 3.63) is 77.9 Å². The highest BCUT2D eigenvalue weighted by Gasteiger charge is 2.31. The quantitative estimate of drug-likeness (QED) is 0.595. The molecule has 162 valence electrons. The fourth-order valence-electron chi connectivity index (χ4n) is 3.52. The van der Waals surface area contributed by atoms with Gasteiger partial charge in [0, 0.05) is 13.1 Å². The van der Waals surface area contributed by atoms with Crippen molar-refractivity contribution in [3.63, 3.8) is 0 Å². The predicted octanol–water partition coefficient (Wildman–Crippen LogP) is 4.80. The maximum Gasteiger partial charge on any atom is 0.182 e. The maximum absolute atomic E-state index is 14.7. The van der Waals surface area contributed by atoms with Crippen LogP contribution in [0.15, 0.2) is 61.0 Å². The molecule has 0 radical (unpaired) electrons. The molecule has 1 N–H and O–H groups in total. The van der Waals surface area contributed by atoms with Gasteiger partial charge in [-0.15, -0.1) is 0 Å². The molecule has 3 rings (SSSR count). The Hall–Kier alpha value is -2.60. The van der Waals surface area contributed by atoms with Crippen molar-refractivity contribution < 1.29 is 18.3 Å². The van der Waals surface area contributed by atoms with Gasteiger partial charge >= 0.3 is 0 Å². The molecule has 2 aromatic carbocycles. The third kappa shape index (κ3) is 6.20. The highest BCUT2D eigenvalue weighted by molar-refractivity contribution is 5.27. The summed E-state index contributed by atoms with van der Waals surface area (Å²) in [5, 5.41) is 3.07. The highest BCUT2D eigenvalue weighted by atomic mass is 19.1. The van der Waals surface area contributed by atoms with Crippen LogP contribution in [-0.2, 0) is 17.9 Å². The minimum atomic E-state index is -1.04. The summed E-state index contributed by atoms with van der Waals surface area (Å²) >= 11 is 0. The van der Waals surface area contributed by atoms with E-state index >= 15 is 0 Å². The van der Waals surface area contributed by atoms with E-state index in [2.05, 4.69) is 11.9 Å². The van der Waals surface area contributed by atoms with Gasteiger partial charge in [-0.3, -0.25) is 0 Å². The van der Waals surface area contributed by atoms with Crippen LogP contribution in [0.25, 0.3) is 0 Å². The Morgan fingerprint density at radius 2 is 1.80 bits per heavy atom. The number of alkyl halides is 1. The second-order valence-corrected chi connectivity index (χ2v) is 7.82. The summed E-state index contributed by atoms with van der Waals surface area (Å²) in [5.41, 5.74) is 1.85. The zero-order valence-corrected chi connectivity index (χ0v) is 17.6. The minimum Gasteiger partial charge on any atom is -0.491 e. The Labute approximate surface area is 177 Å². The van der Waals surface area contributed by atoms with E-state index in [0.717, 1.165) is 23.4 Å². The van der Waals surface area contributed by atoms with Crippen LogP contribution in [0.2, 0.25) is 0 Å². The molecule has 1 fully saturated rings. The first-order valence-electron chi connectivity index (χ1n) is 10.4. The van der Waals surface area contributed by atoms with Gasteiger partial charge in [-0.2, -0.15) is 0 Å². The maximum atomic E-state index is 14.7. The molecule has 0 aliphatic carbocycles. The van der Waals surface area contributed by atoms with Gasteiger partial charge in [-0.05, 0) is 68.8 Å². The van der Waals surface area contributed by atoms with Gasteiger partial charge < -0.3 is 19.7 Å². The molecule has 1 heterocycles. The number of rotatable bonds is 9. The molecule has 0 spiro atoms. The summed E-state index contributed by atoms with van der Waals surface area (Å²) < 4.78 is 39.5. The minimum absolute atomic E-state index is 0.116. The molecule has 1 aliphatic rings. The number of ether oxygens (including phenoxy) is 2. The highest BCUT2D eigenvalue weighted by Crippen LogP contribution is 2.24. The molecule has 0 bridgehead atoms. The summed E-state index contributed by atoms with van der Waals surface area (Å²) in [6, 6.07) is 13.6. The summed E-state index contributed by atoms with van der Waals surface area (Å²) in [6.45, 7) is 9.79. The molecule has 1 aliphatic heterocycles. The number of hydrogen-bond donors (Lipinski definition) is 1. The van der Waals surface area contributed by atoms with Crippen molar-refractivity contribution in [2.45, 2.75) is 51.7 Å². The summed E-state index contributed by atoms with van der Waals surface area (Å²) in [5.74, 6) is 0.923. The van der Waals surface area contributed by atoms with Crippen molar-refractivity contribution in [1.29, 1.82) is 0 Å². The van der Waals surface area contributed by atoms with E-state index in [1.165, 1.54) is 12.1 Å². The van der Waals surface area contributed by atoms with Gasteiger partial charge in [0.15, 0.2) is 5.88 Å². The SMILES string of the molecule is C=C(OCc1ccc(OC(C)C)cc1)N(Cc1ccc(F)cc1)[C@H]1CCNC[C@H]1F. The van der Waals surface area contributed by atoms with Crippen LogP contribution in [0.5, 0.6) is 5.75 Å². The first-order valence-corrected chi connectivity index (χ1v) is 10.4. The summed E-state index contributed by atoms with van der Waals surface area (Å²) in [4.78, 5) is 1.86. The second-order valence-electron chi connectivity index (χ2n) is 7.82. The van der Waals surface area contributed by atoms with Crippen molar-refractivity contribution >= 4 is 0 Å². The first kappa shape index (κ1) is 22.1. The summed E-state index contributed by atoms with van der Waals surface area (Å²) in [6.07, 6.45) is -0.274. The third-order valence-corrected chi connectivity index (χ3v) is 5.06. The second kappa shape index (κ2) is 10.4. The summed E-state index contributed by atoms with van der Waals surface area (Å²) in [7, 11) is 0. The molecule has 0 amide bonds. The molecular formula is C24H30F2N2O2. The first-order chi connectivity index (χ1) is 14.4. The van der Waals surface area contributed by atoms with Gasteiger partial charge in [-0.1, -0.05) is 24.3 Å². The van der Waals surface area contributed by atoms with Crippen LogP contribution in [-0.4, -0.2) is 36.3 Å². The Morgan fingerprint density at radius 3 is 2.43 bits per heavy atom. The van der Waals surface area contributed by atoms with Gasteiger partial charge in [0.05, 0.1) is 12.1 Å². The largest absolute Gasteiger partial charge is 0.491 e. The van der Waals surface area contributed by atoms with Crippen molar-refractivity contribution in [2.24, 2.45) is 0 Å². The molecular weight excluding hydrogens is 386 g/mol. The van der Waals surface area contributed by atoms with E-state index in [1.807, 2.05) is 43.0 Å². The lowest BCUT2D eigenvalue weighted by Crippen LogP contribution is -2.50. The van der Waals surface area contributed by atoms with E-state index in [4.69, 9.17) is 9.47 Å². The van der Waals surface area contributed by atoms with Crippen LogP contribution in [0.3, 0.4) is 0 Å². The van der Waals surface area contributed by atoms with Crippen molar-refractivity contribution in [1.82, 2.24) is 10.2 Å². The normalized spacial score (nSPS) is 18.8. The molecule has 30 heavy (non-hydrogen) atoms. The van der Waals surface area contributed by atoms with Crippen molar-refractivity contribution in [3.8, 4) is 5.75 Å². The van der Waals surface area contributed by atoms with Gasteiger partial charge in [-0.25, -0.2) is 8.78 Å². The molecule has 6 heteroatoms. The lowest BCUT2D eigenvalue weighted by atomic mass is 10.0. The Kier molecular flexibility index (Phi) is 7.69. The van der Waals surface area contributed by atoms with E-state index in [9.17, 15) is 8.78 Å². The fourth-order valence-corrected chi connectivity index (χ4v) is 3.52. The van der Waals surface area contributed by atoms with Gasteiger partial charge in [0.2, 0.25) is 0 Å². The topological polar surface area (TPSA) is 33.7 Å². The number of nitrogens with zero attached hydrogens (tertiary/aromatic N) is 1. The molecule has 1 saturated heterocycles. The van der Waals surface area contributed by atoms with E-state index in [1.54, 1.807) is 12.1 Å². The lowest BCUT2D eigenvalue weighted by molar-refractivity contribution is 0.0295. The monoisotopic (exact) mass is 416 g/mol. The average molecular weight is 417 g/mol. The van der Waals surface area contributed by atoms with Crippen LogP contribution in [0.1, 0.15) is 31.4 Å². The Balaban J connectivity index is 1.67. The van der Waals surface area contributed by atoms with Crippen LogP contribution >= 0.6 is 0 Å². The number of halogens is 2. The van der Waals surface area contributed by atoms with Crippen molar-refractivity contribution in [2.75, 3.05) is 13.1 Å². The molecule has 0 aromatic heterocycles. The zero-order chi connectivity index (χ0) is 21.5. The Morgan fingerprint density at radius 1 is 1.13 bits per heavy atom. The smallest absolute Gasteiger partial charge is 0.182 e. The number of hydrogen-bond acceptors (Lipinski definition) is 4. The van der Waals surface area contributed by atoms with E-state index < -0.39 is 6.17 Å². The predicted molar refractivity (Wildman–Crippen MR) is 114 cm³/mol. The fraction of sp³-hybridized carbons (Fsp3) is 0.417. The van der Waals surface area contributed by atoms with Gasteiger partial charge in [0.1, 0.15) is 24.3 Å².